The van der Waals surface area contributed by atoms with E-state index in [0.29, 0.717) is 16.2 Å². The molecular formula is C27H46N2O. The second-order valence-electron chi connectivity index (χ2n) is 12.0. The number of allylic oxidation sites excluding steroid dienone is 1. The van der Waals surface area contributed by atoms with Crippen LogP contribution < -0.4 is 11.1 Å². The minimum Gasteiger partial charge on any atom is -0.340 e. The average molecular weight is 415 g/mol. The zero-order valence-corrected chi connectivity index (χ0v) is 19.8. The Hall–Kier alpha value is -0.830. The predicted octanol–water partition coefficient (Wildman–Crippen LogP) is 6.18. The molecule has 0 saturated heterocycles. The SMILES string of the molecule is CC12CCC3C(CCC4(C)CCCCC34C)C1CCC2CCC/C=C/C(=O)NCN. The highest BCUT2D eigenvalue weighted by molar-refractivity contribution is 5.87. The molecule has 1 amide bonds. The molecule has 7 unspecified atom stereocenters. The fraction of sp³-hybridized carbons (Fsp3) is 0.889. The van der Waals surface area contributed by atoms with Gasteiger partial charge in [-0.1, -0.05) is 39.7 Å². The summed E-state index contributed by atoms with van der Waals surface area (Å²) in [5.74, 6) is 3.77. The summed E-state index contributed by atoms with van der Waals surface area (Å²) in [6, 6.07) is 0. The van der Waals surface area contributed by atoms with Crippen LogP contribution >= 0.6 is 0 Å². The van der Waals surface area contributed by atoms with Crippen molar-refractivity contribution in [1.82, 2.24) is 5.32 Å². The highest BCUT2D eigenvalue weighted by Gasteiger charge is 2.62. The Labute approximate surface area is 185 Å². The average Bonchev–Trinajstić information content (AvgIpc) is 3.05. The van der Waals surface area contributed by atoms with E-state index in [9.17, 15) is 4.79 Å². The molecule has 170 valence electrons. The molecule has 7 atom stereocenters. The summed E-state index contributed by atoms with van der Waals surface area (Å²) in [5.41, 5.74) is 7.13. The normalized spacial score (nSPS) is 45.6. The molecule has 3 N–H and O–H groups in total. The first-order chi connectivity index (χ1) is 14.3. The van der Waals surface area contributed by atoms with Crippen LogP contribution in [0.3, 0.4) is 0 Å². The number of hydrogen-bond donors (Lipinski definition) is 2. The molecule has 4 rings (SSSR count). The van der Waals surface area contributed by atoms with Crippen molar-refractivity contribution in [1.29, 1.82) is 0 Å². The van der Waals surface area contributed by atoms with Crippen LogP contribution in [-0.4, -0.2) is 12.6 Å². The van der Waals surface area contributed by atoms with E-state index in [2.05, 4.69) is 26.1 Å². The molecular weight excluding hydrogens is 368 g/mol. The maximum atomic E-state index is 11.5. The number of nitrogens with one attached hydrogen (secondary N) is 1. The summed E-state index contributed by atoms with van der Waals surface area (Å²) < 4.78 is 0. The van der Waals surface area contributed by atoms with Gasteiger partial charge >= 0.3 is 0 Å². The lowest BCUT2D eigenvalue weighted by Crippen LogP contribution is -2.56. The van der Waals surface area contributed by atoms with Crippen molar-refractivity contribution in [2.75, 3.05) is 6.67 Å². The Morgan fingerprint density at radius 2 is 1.80 bits per heavy atom. The van der Waals surface area contributed by atoms with Crippen LogP contribution in [0.15, 0.2) is 12.2 Å². The van der Waals surface area contributed by atoms with Gasteiger partial charge in [0.1, 0.15) is 0 Å². The maximum absolute atomic E-state index is 11.5. The highest BCUT2D eigenvalue weighted by Crippen LogP contribution is 2.70. The number of hydrogen-bond acceptors (Lipinski definition) is 2. The van der Waals surface area contributed by atoms with Gasteiger partial charge in [-0.25, -0.2) is 0 Å². The van der Waals surface area contributed by atoms with Gasteiger partial charge in [0.2, 0.25) is 5.91 Å². The Balaban J connectivity index is 1.37. The summed E-state index contributed by atoms with van der Waals surface area (Å²) in [4.78, 5) is 11.5. The van der Waals surface area contributed by atoms with Crippen LogP contribution in [0.2, 0.25) is 0 Å². The lowest BCUT2D eigenvalue weighted by atomic mass is 9.40. The highest BCUT2D eigenvalue weighted by atomic mass is 16.1. The summed E-state index contributed by atoms with van der Waals surface area (Å²) in [7, 11) is 0. The van der Waals surface area contributed by atoms with Gasteiger partial charge in [0.25, 0.3) is 0 Å². The lowest BCUT2D eigenvalue weighted by Gasteiger charge is -2.64. The summed E-state index contributed by atoms with van der Waals surface area (Å²) in [6.45, 7) is 8.22. The Bertz CT molecular complexity index is 659. The fourth-order valence-electron chi connectivity index (χ4n) is 9.02. The Kier molecular flexibility index (Phi) is 6.41. The molecule has 0 aromatic carbocycles. The Morgan fingerprint density at radius 1 is 1.00 bits per heavy atom. The second-order valence-corrected chi connectivity index (χ2v) is 12.0. The Morgan fingerprint density at radius 3 is 2.60 bits per heavy atom. The van der Waals surface area contributed by atoms with E-state index in [1.165, 1.54) is 77.0 Å². The first kappa shape index (κ1) is 22.4. The molecule has 4 aliphatic carbocycles. The quantitative estimate of drug-likeness (QED) is 0.309. The molecule has 0 aromatic heterocycles. The minimum atomic E-state index is -0.0655. The molecule has 0 spiro atoms. The van der Waals surface area contributed by atoms with E-state index < -0.39 is 0 Å². The molecule has 0 heterocycles. The predicted molar refractivity (Wildman–Crippen MR) is 125 cm³/mol. The number of rotatable bonds is 6. The summed E-state index contributed by atoms with van der Waals surface area (Å²) in [6.07, 6.45) is 22.0. The van der Waals surface area contributed by atoms with Crippen LogP contribution in [0.5, 0.6) is 0 Å². The molecule has 4 fully saturated rings. The van der Waals surface area contributed by atoms with Gasteiger partial charge in [-0.05, 0) is 117 Å². The molecule has 4 aliphatic rings. The molecule has 0 bridgehead atoms. The third-order valence-electron chi connectivity index (χ3n) is 11.0. The number of unbranched alkanes of at least 4 members (excludes halogenated alkanes) is 1. The number of nitrogens with two attached hydrogens (primary N) is 1. The first-order valence-electron chi connectivity index (χ1n) is 13.0. The van der Waals surface area contributed by atoms with Crippen LogP contribution in [0.4, 0.5) is 0 Å². The number of amides is 1. The van der Waals surface area contributed by atoms with Crippen molar-refractivity contribution >= 4 is 5.91 Å². The summed E-state index contributed by atoms with van der Waals surface area (Å²) >= 11 is 0. The zero-order chi connectivity index (χ0) is 21.4. The van der Waals surface area contributed by atoms with Gasteiger partial charge in [0, 0.05) is 0 Å². The van der Waals surface area contributed by atoms with Crippen molar-refractivity contribution in [2.45, 2.75) is 104 Å². The smallest absolute Gasteiger partial charge is 0.244 e. The fourth-order valence-corrected chi connectivity index (χ4v) is 9.02. The lowest BCUT2D eigenvalue weighted by molar-refractivity contribution is -0.152. The van der Waals surface area contributed by atoms with Gasteiger partial charge in [-0.3, -0.25) is 4.79 Å². The van der Waals surface area contributed by atoms with E-state index >= 15 is 0 Å². The van der Waals surface area contributed by atoms with Gasteiger partial charge in [-0.2, -0.15) is 0 Å². The second kappa shape index (κ2) is 8.60. The van der Waals surface area contributed by atoms with Gasteiger partial charge in [0.15, 0.2) is 0 Å². The van der Waals surface area contributed by atoms with E-state index in [4.69, 9.17) is 5.73 Å². The minimum absolute atomic E-state index is 0.0655. The molecule has 0 radical (unpaired) electrons. The number of carbonyl (C=O) groups is 1. The third-order valence-corrected chi connectivity index (χ3v) is 11.0. The van der Waals surface area contributed by atoms with E-state index in [-0.39, 0.29) is 12.6 Å². The van der Waals surface area contributed by atoms with E-state index in [0.717, 1.165) is 30.1 Å². The summed E-state index contributed by atoms with van der Waals surface area (Å²) in [5, 5.41) is 2.62. The van der Waals surface area contributed by atoms with Crippen molar-refractivity contribution in [3.05, 3.63) is 12.2 Å². The van der Waals surface area contributed by atoms with Crippen LogP contribution in [0.1, 0.15) is 104 Å². The maximum Gasteiger partial charge on any atom is 0.244 e. The van der Waals surface area contributed by atoms with E-state index in [1.54, 1.807) is 6.08 Å². The number of carbonyl (C=O) groups excluding carboxylic acids is 1. The van der Waals surface area contributed by atoms with Crippen molar-refractivity contribution in [2.24, 2.45) is 45.7 Å². The van der Waals surface area contributed by atoms with Gasteiger partial charge < -0.3 is 11.1 Å². The van der Waals surface area contributed by atoms with Gasteiger partial charge in [-0.15, -0.1) is 0 Å². The van der Waals surface area contributed by atoms with Crippen LogP contribution in [0, 0.1) is 39.9 Å². The van der Waals surface area contributed by atoms with Gasteiger partial charge in [0.05, 0.1) is 6.67 Å². The molecule has 0 aliphatic heterocycles. The van der Waals surface area contributed by atoms with Crippen molar-refractivity contribution in [3.63, 3.8) is 0 Å². The zero-order valence-electron chi connectivity index (χ0n) is 19.8. The van der Waals surface area contributed by atoms with Crippen molar-refractivity contribution < 1.29 is 4.79 Å². The standard InChI is InChI=1S/C27H46N2O/c1-25-15-7-8-16-27(25,3)23-14-18-26(2)20(11-12-22(26)21(23)13-17-25)9-5-4-6-10-24(30)29-19-28/h6,10,20-23H,4-5,7-9,11-19,28H2,1-3H3,(H,29,30)/b10-6+. The molecule has 4 saturated carbocycles. The topological polar surface area (TPSA) is 55.1 Å². The number of fused-ring (bicyclic) bond motifs is 5. The van der Waals surface area contributed by atoms with Crippen LogP contribution in [-0.2, 0) is 4.79 Å². The first-order valence-corrected chi connectivity index (χ1v) is 13.0. The monoisotopic (exact) mass is 414 g/mol. The molecule has 3 heteroatoms. The molecule has 3 nitrogen and oxygen atoms in total. The molecule has 0 aromatic rings. The molecule has 30 heavy (non-hydrogen) atoms. The largest absolute Gasteiger partial charge is 0.340 e. The third kappa shape index (κ3) is 3.67. The van der Waals surface area contributed by atoms with Crippen molar-refractivity contribution in [3.8, 4) is 0 Å². The van der Waals surface area contributed by atoms with Crippen LogP contribution in [0.25, 0.3) is 0 Å². The van der Waals surface area contributed by atoms with E-state index in [1.807, 2.05) is 6.08 Å².